The molecule has 6 nitrogen and oxygen atoms in total. The Morgan fingerprint density at radius 3 is 2.60 bits per heavy atom. The fourth-order valence-corrected chi connectivity index (χ4v) is 3.41. The van der Waals surface area contributed by atoms with Crippen LogP contribution < -0.4 is 16.0 Å². The molecule has 2 aromatic carbocycles. The van der Waals surface area contributed by atoms with E-state index in [1.54, 1.807) is 0 Å². The summed E-state index contributed by atoms with van der Waals surface area (Å²) >= 11 is 0. The number of aliphatic imine (C=N–C) groups is 1. The number of amides is 1. The Labute approximate surface area is 178 Å². The zero-order valence-corrected chi connectivity index (χ0v) is 17.6. The summed E-state index contributed by atoms with van der Waals surface area (Å²) in [5.74, 6) is 0.990. The van der Waals surface area contributed by atoms with Crippen LogP contribution in [-0.4, -0.2) is 36.7 Å². The summed E-state index contributed by atoms with van der Waals surface area (Å²) in [6.45, 7) is 3.92. The fraction of sp³-hybridized carbons (Fsp3) is 0.417. The van der Waals surface area contributed by atoms with Crippen molar-refractivity contribution in [3.05, 3.63) is 65.7 Å². The lowest BCUT2D eigenvalue weighted by Crippen LogP contribution is -2.39. The van der Waals surface area contributed by atoms with E-state index in [1.807, 2.05) is 61.5 Å². The highest BCUT2D eigenvalue weighted by molar-refractivity contribution is 5.93. The number of hydrogen-bond donors (Lipinski definition) is 4. The summed E-state index contributed by atoms with van der Waals surface area (Å²) in [7, 11) is 0. The summed E-state index contributed by atoms with van der Waals surface area (Å²) in [5.41, 5.74) is 2.95. The predicted octanol–water partition coefficient (Wildman–Crippen LogP) is 3.26. The number of rotatable bonds is 9. The molecule has 3 rings (SSSR count). The lowest BCUT2D eigenvalue weighted by atomic mass is 9.85. The van der Waals surface area contributed by atoms with E-state index in [9.17, 15) is 9.90 Å². The first kappa shape index (κ1) is 21.8. The molecule has 6 heteroatoms. The summed E-state index contributed by atoms with van der Waals surface area (Å²) in [4.78, 5) is 16.8. The minimum atomic E-state index is 0.0000945. The fourth-order valence-electron chi connectivity index (χ4n) is 3.41. The number of carbonyl (C=O) groups excluding carboxylic acids is 1. The van der Waals surface area contributed by atoms with E-state index in [2.05, 4.69) is 20.9 Å². The van der Waals surface area contributed by atoms with Gasteiger partial charge in [-0.1, -0.05) is 48.9 Å². The van der Waals surface area contributed by atoms with Crippen LogP contribution in [0, 0.1) is 5.92 Å². The Morgan fingerprint density at radius 1 is 1.13 bits per heavy atom. The van der Waals surface area contributed by atoms with Crippen LogP contribution in [0.5, 0.6) is 0 Å². The number of hydrogen-bond acceptors (Lipinski definition) is 3. The molecule has 1 atom stereocenters. The first-order chi connectivity index (χ1) is 14.7. The zero-order chi connectivity index (χ0) is 21.2. The van der Waals surface area contributed by atoms with Crippen molar-refractivity contribution in [2.24, 2.45) is 10.9 Å². The number of aliphatic hydroxyl groups excluding tert-OH is 1. The Balaban J connectivity index is 1.58. The van der Waals surface area contributed by atoms with Gasteiger partial charge in [0.15, 0.2) is 5.96 Å². The van der Waals surface area contributed by atoms with Crippen LogP contribution >= 0.6 is 0 Å². The minimum absolute atomic E-state index is 0.0000945. The van der Waals surface area contributed by atoms with Crippen LogP contribution in [0.1, 0.15) is 43.2 Å². The van der Waals surface area contributed by atoms with Gasteiger partial charge in [0.1, 0.15) is 0 Å². The van der Waals surface area contributed by atoms with Gasteiger partial charge >= 0.3 is 0 Å². The summed E-state index contributed by atoms with van der Waals surface area (Å²) in [5, 5.41) is 19.4. The Bertz CT molecular complexity index is 834. The normalized spacial score (nSPS) is 15.2. The molecule has 0 spiro atoms. The van der Waals surface area contributed by atoms with E-state index in [4.69, 9.17) is 0 Å². The Kier molecular flexibility index (Phi) is 8.27. The van der Waals surface area contributed by atoms with Crippen LogP contribution in [0.2, 0.25) is 0 Å². The number of nitrogens with one attached hydrogen (secondary N) is 3. The molecule has 0 bridgehead atoms. The molecule has 1 saturated carbocycles. The molecular formula is C24H32N4O2. The molecule has 0 aliphatic heterocycles. The van der Waals surface area contributed by atoms with Gasteiger partial charge in [0.25, 0.3) is 0 Å². The third-order valence-corrected chi connectivity index (χ3v) is 5.44. The average Bonchev–Trinajstić information content (AvgIpc) is 2.72. The summed E-state index contributed by atoms with van der Waals surface area (Å²) in [6.07, 6.45) is 3.13. The number of carbonyl (C=O) groups is 1. The third kappa shape index (κ3) is 6.32. The highest BCUT2D eigenvalue weighted by Crippen LogP contribution is 2.27. The van der Waals surface area contributed by atoms with Crippen LogP contribution in [0.3, 0.4) is 0 Å². The van der Waals surface area contributed by atoms with Crippen molar-refractivity contribution in [1.29, 1.82) is 0 Å². The average molecular weight is 409 g/mol. The van der Waals surface area contributed by atoms with Gasteiger partial charge in [-0.2, -0.15) is 0 Å². The first-order valence-electron chi connectivity index (χ1n) is 10.8. The smallest absolute Gasteiger partial charge is 0.227 e. The van der Waals surface area contributed by atoms with E-state index in [0.717, 1.165) is 42.6 Å². The maximum Gasteiger partial charge on any atom is 0.227 e. The number of aliphatic hydroxyl groups is 1. The summed E-state index contributed by atoms with van der Waals surface area (Å²) in [6, 6.07) is 17.8. The van der Waals surface area contributed by atoms with E-state index < -0.39 is 0 Å². The van der Waals surface area contributed by atoms with Crippen LogP contribution in [0.15, 0.2) is 59.6 Å². The van der Waals surface area contributed by atoms with Crippen molar-refractivity contribution in [2.75, 3.05) is 25.0 Å². The predicted molar refractivity (Wildman–Crippen MR) is 121 cm³/mol. The maximum absolute atomic E-state index is 12.2. The lowest BCUT2D eigenvalue weighted by molar-refractivity contribution is -0.122. The summed E-state index contributed by atoms with van der Waals surface area (Å²) < 4.78 is 0. The molecule has 160 valence electrons. The van der Waals surface area contributed by atoms with Crippen molar-refractivity contribution < 1.29 is 9.90 Å². The molecule has 30 heavy (non-hydrogen) atoms. The van der Waals surface area contributed by atoms with Gasteiger partial charge in [0, 0.05) is 30.6 Å². The van der Waals surface area contributed by atoms with Crippen molar-refractivity contribution in [1.82, 2.24) is 10.6 Å². The van der Waals surface area contributed by atoms with Gasteiger partial charge in [-0.15, -0.1) is 0 Å². The number of anilines is 1. The number of nitrogens with zero attached hydrogens (tertiary/aromatic N) is 1. The van der Waals surface area contributed by atoms with E-state index in [0.29, 0.717) is 19.0 Å². The molecule has 0 aromatic heterocycles. The highest BCUT2D eigenvalue weighted by atomic mass is 16.3. The van der Waals surface area contributed by atoms with Crippen LogP contribution in [0.25, 0.3) is 0 Å². The molecule has 1 aliphatic carbocycles. The highest BCUT2D eigenvalue weighted by Gasteiger charge is 2.25. The van der Waals surface area contributed by atoms with E-state index in [1.165, 1.54) is 0 Å². The van der Waals surface area contributed by atoms with Crippen LogP contribution in [-0.2, 0) is 11.3 Å². The van der Waals surface area contributed by atoms with Gasteiger partial charge in [-0.25, -0.2) is 4.99 Å². The molecule has 0 radical (unpaired) electrons. The third-order valence-electron chi connectivity index (χ3n) is 5.44. The molecule has 0 heterocycles. The number of guanidine groups is 1. The monoisotopic (exact) mass is 408 g/mol. The second kappa shape index (κ2) is 11.4. The van der Waals surface area contributed by atoms with E-state index >= 15 is 0 Å². The lowest BCUT2D eigenvalue weighted by Gasteiger charge is -2.24. The first-order valence-corrected chi connectivity index (χ1v) is 10.8. The molecule has 1 fully saturated rings. The maximum atomic E-state index is 12.2. The SMILES string of the molecule is CCNC(=NCc1cccc(NC(=O)C2CCC2)c1)NCC(CO)c1ccccc1. The topological polar surface area (TPSA) is 85.8 Å². The molecule has 1 amide bonds. The van der Waals surface area contributed by atoms with Crippen molar-refractivity contribution >= 4 is 17.6 Å². The largest absolute Gasteiger partial charge is 0.396 e. The Hall–Kier alpha value is -2.86. The molecule has 0 saturated heterocycles. The van der Waals surface area contributed by atoms with Gasteiger partial charge in [0.2, 0.25) is 5.91 Å². The van der Waals surface area contributed by atoms with E-state index in [-0.39, 0.29) is 24.3 Å². The van der Waals surface area contributed by atoms with Gasteiger partial charge < -0.3 is 21.1 Å². The number of benzene rings is 2. The zero-order valence-electron chi connectivity index (χ0n) is 17.6. The second-order valence-electron chi connectivity index (χ2n) is 7.68. The standard InChI is InChI=1S/C24H32N4O2/c1-2-25-24(27-16-21(17-29)19-9-4-3-5-10-19)26-15-18-8-6-13-22(14-18)28-23(30)20-11-7-12-20/h3-6,8-10,13-14,20-21,29H,2,7,11-12,15-17H2,1H3,(H,28,30)(H2,25,26,27). The molecule has 1 aliphatic rings. The van der Waals surface area contributed by atoms with Gasteiger partial charge in [0.05, 0.1) is 13.2 Å². The molecular weight excluding hydrogens is 376 g/mol. The van der Waals surface area contributed by atoms with Crippen LogP contribution in [0.4, 0.5) is 5.69 Å². The van der Waals surface area contributed by atoms with Gasteiger partial charge in [-0.3, -0.25) is 4.79 Å². The van der Waals surface area contributed by atoms with Crippen molar-refractivity contribution in [3.63, 3.8) is 0 Å². The quantitative estimate of drug-likeness (QED) is 0.379. The molecule has 4 N–H and O–H groups in total. The minimum Gasteiger partial charge on any atom is -0.396 e. The Morgan fingerprint density at radius 2 is 1.93 bits per heavy atom. The molecule has 1 unspecified atom stereocenters. The second-order valence-corrected chi connectivity index (χ2v) is 7.68. The van der Waals surface area contributed by atoms with Gasteiger partial charge in [-0.05, 0) is 43.0 Å². The van der Waals surface area contributed by atoms with Crippen molar-refractivity contribution in [3.8, 4) is 0 Å². The molecule has 2 aromatic rings. The van der Waals surface area contributed by atoms with Crippen molar-refractivity contribution in [2.45, 2.75) is 38.6 Å².